The molecule has 1 unspecified atom stereocenters. The second-order valence-electron chi connectivity index (χ2n) is 9.28. The van der Waals surface area contributed by atoms with Gasteiger partial charge in [-0.3, -0.25) is 9.71 Å². The zero-order valence-electron chi connectivity index (χ0n) is 21.4. The van der Waals surface area contributed by atoms with Gasteiger partial charge in [0, 0.05) is 36.2 Å². The standard InChI is InChI=1S/C28H26F3N3O5S/c1-37-26-13-20-23(14-27(26)38-16-17-3-2-9-32-15-17)33-10-8-24(20)39-25-7-5-19(12-22(25)31)34-40(35,36)28-11-18(29)4-6-21(28)30/h4-8,10-14,17,32,34H,2-3,9,15-16H2,1H3. The molecule has 8 nitrogen and oxygen atoms in total. The normalized spacial score (nSPS) is 15.6. The van der Waals surface area contributed by atoms with Crippen LogP contribution in [0, 0.1) is 23.4 Å². The summed E-state index contributed by atoms with van der Waals surface area (Å²) in [5, 5.41) is 3.90. The topological polar surface area (TPSA) is 98.8 Å². The van der Waals surface area contributed by atoms with E-state index in [1.807, 2.05) is 4.72 Å². The fourth-order valence-electron chi connectivity index (χ4n) is 4.42. The van der Waals surface area contributed by atoms with E-state index in [2.05, 4.69) is 10.3 Å². The van der Waals surface area contributed by atoms with Crippen LogP contribution in [0.3, 0.4) is 0 Å². The lowest BCUT2D eigenvalue weighted by Gasteiger charge is -2.23. The van der Waals surface area contributed by atoms with Crippen molar-refractivity contribution in [2.75, 3.05) is 31.5 Å². The monoisotopic (exact) mass is 573 g/mol. The Hall–Kier alpha value is -4.03. The summed E-state index contributed by atoms with van der Waals surface area (Å²) in [5.41, 5.74) is 0.335. The summed E-state index contributed by atoms with van der Waals surface area (Å²) >= 11 is 0. The van der Waals surface area contributed by atoms with Crippen LogP contribution in [0.25, 0.3) is 10.9 Å². The molecule has 3 aromatic carbocycles. The van der Waals surface area contributed by atoms with E-state index >= 15 is 0 Å². The number of nitrogens with one attached hydrogen (secondary N) is 2. The third-order valence-electron chi connectivity index (χ3n) is 6.45. The Morgan fingerprint density at radius 3 is 2.58 bits per heavy atom. The van der Waals surface area contributed by atoms with E-state index < -0.39 is 32.4 Å². The molecule has 0 amide bonds. The molecule has 1 aromatic heterocycles. The second kappa shape index (κ2) is 11.6. The van der Waals surface area contributed by atoms with Crippen LogP contribution in [0.4, 0.5) is 18.9 Å². The minimum Gasteiger partial charge on any atom is -0.493 e. The number of ether oxygens (including phenoxy) is 3. The van der Waals surface area contributed by atoms with Gasteiger partial charge in [0.2, 0.25) is 0 Å². The number of aromatic nitrogens is 1. The molecule has 0 aliphatic carbocycles. The Labute approximate surface area is 229 Å². The Morgan fingerprint density at radius 1 is 0.975 bits per heavy atom. The Morgan fingerprint density at radius 2 is 1.82 bits per heavy atom. The number of pyridine rings is 1. The van der Waals surface area contributed by atoms with Gasteiger partial charge in [0.1, 0.15) is 22.3 Å². The quantitative estimate of drug-likeness (QED) is 0.268. The van der Waals surface area contributed by atoms with E-state index in [-0.39, 0.29) is 17.2 Å². The summed E-state index contributed by atoms with van der Waals surface area (Å²) < 4.78 is 86.9. The average molecular weight is 574 g/mol. The molecule has 0 spiro atoms. The molecular formula is C28H26F3N3O5S. The summed E-state index contributed by atoms with van der Waals surface area (Å²) in [6, 6.07) is 10.3. The average Bonchev–Trinajstić information content (AvgIpc) is 2.94. The van der Waals surface area contributed by atoms with Gasteiger partial charge in [-0.05, 0) is 61.9 Å². The van der Waals surface area contributed by atoms with Gasteiger partial charge in [-0.2, -0.15) is 0 Å². The number of rotatable bonds is 9. The lowest BCUT2D eigenvalue weighted by Crippen LogP contribution is -2.33. The molecule has 5 rings (SSSR count). The van der Waals surface area contributed by atoms with Gasteiger partial charge in [0.25, 0.3) is 10.0 Å². The third kappa shape index (κ3) is 6.07. The summed E-state index contributed by atoms with van der Waals surface area (Å²) in [7, 11) is -3.00. The zero-order chi connectivity index (χ0) is 28.3. The minimum absolute atomic E-state index is 0.198. The highest BCUT2D eigenvalue weighted by molar-refractivity contribution is 7.92. The molecule has 12 heteroatoms. The molecule has 0 saturated carbocycles. The van der Waals surface area contributed by atoms with Crippen molar-refractivity contribution < 1.29 is 35.8 Å². The number of sulfonamides is 1. The first-order valence-electron chi connectivity index (χ1n) is 12.5. The van der Waals surface area contributed by atoms with E-state index in [1.165, 1.54) is 25.4 Å². The molecule has 1 aliphatic rings. The number of hydrogen-bond acceptors (Lipinski definition) is 7. The van der Waals surface area contributed by atoms with E-state index in [0.717, 1.165) is 38.1 Å². The molecular weight excluding hydrogens is 547 g/mol. The number of nitrogens with zero attached hydrogens (tertiary/aromatic N) is 1. The Balaban J connectivity index is 1.36. The van der Waals surface area contributed by atoms with Crippen LogP contribution in [-0.4, -0.2) is 40.2 Å². The van der Waals surface area contributed by atoms with Crippen molar-refractivity contribution in [2.45, 2.75) is 17.7 Å². The fraction of sp³-hybridized carbons (Fsp3) is 0.250. The Bertz CT molecular complexity index is 1650. The van der Waals surface area contributed by atoms with Crippen LogP contribution >= 0.6 is 0 Å². The van der Waals surface area contributed by atoms with Crippen molar-refractivity contribution in [3.63, 3.8) is 0 Å². The van der Waals surface area contributed by atoms with Crippen molar-refractivity contribution in [1.82, 2.24) is 10.3 Å². The van der Waals surface area contributed by atoms with Gasteiger partial charge in [-0.15, -0.1) is 0 Å². The number of benzene rings is 3. The lowest BCUT2D eigenvalue weighted by molar-refractivity contribution is 0.211. The highest BCUT2D eigenvalue weighted by Gasteiger charge is 2.21. The molecule has 1 saturated heterocycles. The molecule has 2 heterocycles. The van der Waals surface area contributed by atoms with Gasteiger partial charge >= 0.3 is 0 Å². The minimum atomic E-state index is -4.52. The molecule has 40 heavy (non-hydrogen) atoms. The molecule has 0 bridgehead atoms. The first-order valence-corrected chi connectivity index (χ1v) is 14.0. The number of fused-ring (bicyclic) bond motifs is 1. The number of anilines is 1. The predicted molar refractivity (Wildman–Crippen MR) is 143 cm³/mol. The first-order chi connectivity index (χ1) is 19.2. The maximum atomic E-state index is 15.0. The van der Waals surface area contributed by atoms with Gasteiger partial charge in [-0.1, -0.05) is 0 Å². The molecule has 210 valence electrons. The second-order valence-corrected chi connectivity index (χ2v) is 10.9. The van der Waals surface area contributed by atoms with Crippen LogP contribution in [-0.2, 0) is 10.0 Å². The molecule has 2 N–H and O–H groups in total. The maximum absolute atomic E-state index is 15.0. The predicted octanol–water partition coefficient (Wildman–Crippen LogP) is 5.63. The smallest absolute Gasteiger partial charge is 0.264 e. The van der Waals surface area contributed by atoms with E-state index in [4.69, 9.17) is 14.2 Å². The van der Waals surface area contributed by atoms with Crippen molar-refractivity contribution >= 4 is 26.6 Å². The lowest BCUT2D eigenvalue weighted by atomic mass is 10.0. The van der Waals surface area contributed by atoms with Crippen LogP contribution in [0.1, 0.15) is 12.8 Å². The van der Waals surface area contributed by atoms with E-state index in [0.29, 0.717) is 47.1 Å². The van der Waals surface area contributed by atoms with Crippen molar-refractivity contribution in [3.8, 4) is 23.0 Å². The van der Waals surface area contributed by atoms with Gasteiger partial charge < -0.3 is 19.5 Å². The van der Waals surface area contributed by atoms with E-state index in [9.17, 15) is 21.6 Å². The fourth-order valence-corrected chi connectivity index (χ4v) is 5.56. The number of piperidine rings is 1. The molecule has 1 atom stereocenters. The third-order valence-corrected chi connectivity index (χ3v) is 7.84. The van der Waals surface area contributed by atoms with Crippen LogP contribution in [0.15, 0.2) is 65.7 Å². The number of hydrogen-bond donors (Lipinski definition) is 2. The summed E-state index contributed by atoms with van der Waals surface area (Å²) in [4.78, 5) is 3.48. The van der Waals surface area contributed by atoms with Gasteiger partial charge in [0.05, 0.1) is 24.9 Å². The SMILES string of the molecule is COc1cc2c(Oc3ccc(NS(=O)(=O)c4cc(F)ccc4F)cc3F)ccnc2cc1OCC1CCCNC1. The van der Waals surface area contributed by atoms with Crippen molar-refractivity contribution in [3.05, 3.63) is 78.2 Å². The van der Waals surface area contributed by atoms with Gasteiger partial charge in [-0.25, -0.2) is 21.6 Å². The Kier molecular flexibility index (Phi) is 7.99. The summed E-state index contributed by atoms with van der Waals surface area (Å²) in [6.45, 7) is 2.42. The highest BCUT2D eigenvalue weighted by Crippen LogP contribution is 2.38. The maximum Gasteiger partial charge on any atom is 0.264 e. The van der Waals surface area contributed by atoms with Crippen LogP contribution in [0.2, 0.25) is 0 Å². The van der Waals surface area contributed by atoms with Crippen molar-refractivity contribution in [2.24, 2.45) is 5.92 Å². The molecule has 1 aliphatic heterocycles. The zero-order valence-corrected chi connectivity index (χ0v) is 22.2. The van der Waals surface area contributed by atoms with Crippen LogP contribution < -0.4 is 24.2 Å². The number of halogens is 3. The van der Waals surface area contributed by atoms with E-state index in [1.54, 1.807) is 18.2 Å². The summed E-state index contributed by atoms with van der Waals surface area (Å²) in [5.74, 6) is -1.51. The van der Waals surface area contributed by atoms with Gasteiger partial charge in [0.15, 0.2) is 23.1 Å². The van der Waals surface area contributed by atoms with Crippen molar-refractivity contribution in [1.29, 1.82) is 0 Å². The molecule has 1 fully saturated rings. The first kappa shape index (κ1) is 27.5. The number of methoxy groups -OCH3 is 1. The largest absolute Gasteiger partial charge is 0.493 e. The highest BCUT2D eigenvalue weighted by atomic mass is 32.2. The summed E-state index contributed by atoms with van der Waals surface area (Å²) in [6.07, 6.45) is 3.68. The molecule has 0 radical (unpaired) electrons. The molecule has 4 aromatic rings. The van der Waals surface area contributed by atoms with Crippen LogP contribution in [0.5, 0.6) is 23.0 Å².